The Bertz CT molecular complexity index is 103. The minimum Gasteiger partial charge on any atom is -0.385 e. The molecule has 0 amide bonds. The molecule has 1 aliphatic rings. The van der Waals surface area contributed by atoms with E-state index >= 15 is 0 Å². The van der Waals surface area contributed by atoms with Crippen LogP contribution in [0.4, 0.5) is 8.78 Å². The van der Waals surface area contributed by atoms with Crippen molar-refractivity contribution in [3.05, 3.63) is 0 Å². The van der Waals surface area contributed by atoms with E-state index in [1.807, 2.05) is 0 Å². The molecule has 2 nitrogen and oxygen atoms in total. The lowest BCUT2D eigenvalue weighted by Crippen LogP contribution is -2.30. The maximum Gasteiger partial charge on any atom is 0.286 e. The van der Waals surface area contributed by atoms with Crippen LogP contribution in [0.3, 0.4) is 0 Å². The molecule has 1 aliphatic heterocycles. The SMILES string of the molecule is Cl.Cl.OC1CNCC1(F)F. The zero-order valence-corrected chi connectivity index (χ0v) is 6.64. The number of aliphatic hydroxyl groups excluding tert-OH is 1. The van der Waals surface area contributed by atoms with E-state index in [4.69, 9.17) is 5.11 Å². The van der Waals surface area contributed by atoms with Gasteiger partial charge in [0.15, 0.2) is 0 Å². The quantitative estimate of drug-likeness (QED) is 0.588. The van der Waals surface area contributed by atoms with E-state index in [1.54, 1.807) is 0 Å². The number of aliphatic hydroxyl groups is 1. The van der Waals surface area contributed by atoms with Crippen LogP contribution in [0.2, 0.25) is 0 Å². The highest BCUT2D eigenvalue weighted by molar-refractivity contribution is 5.85. The molecule has 1 heterocycles. The molecule has 0 radical (unpaired) electrons. The van der Waals surface area contributed by atoms with E-state index in [0.717, 1.165) is 0 Å². The first-order valence-corrected chi connectivity index (χ1v) is 2.39. The minimum atomic E-state index is -2.90. The molecule has 64 valence electrons. The molecule has 1 fully saturated rings. The molecule has 0 bridgehead atoms. The van der Waals surface area contributed by atoms with Crippen LogP contribution >= 0.6 is 24.8 Å². The van der Waals surface area contributed by atoms with E-state index in [0.29, 0.717) is 0 Å². The van der Waals surface area contributed by atoms with Gasteiger partial charge < -0.3 is 10.4 Å². The van der Waals surface area contributed by atoms with Crippen LogP contribution in [0.15, 0.2) is 0 Å². The third-order valence-corrected chi connectivity index (χ3v) is 1.19. The first-order valence-electron chi connectivity index (χ1n) is 2.39. The first-order chi connectivity index (χ1) is 3.63. The van der Waals surface area contributed by atoms with E-state index < -0.39 is 18.6 Å². The summed E-state index contributed by atoms with van der Waals surface area (Å²) in [5.41, 5.74) is 0. The topological polar surface area (TPSA) is 32.3 Å². The van der Waals surface area contributed by atoms with Crippen molar-refractivity contribution in [3.63, 3.8) is 0 Å². The number of halogens is 4. The lowest BCUT2D eigenvalue weighted by Gasteiger charge is -2.09. The third-order valence-electron chi connectivity index (χ3n) is 1.19. The van der Waals surface area contributed by atoms with Crippen LogP contribution in [-0.2, 0) is 0 Å². The lowest BCUT2D eigenvalue weighted by molar-refractivity contribution is -0.0714. The number of hydrogen-bond acceptors (Lipinski definition) is 2. The monoisotopic (exact) mass is 195 g/mol. The van der Waals surface area contributed by atoms with Crippen molar-refractivity contribution in [1.82, 2.24) is 5.32 Å². The Morgan fingerprint density at radius 2 is 1.90 bits per heavy atom. The highest BCUT2D eigenvalue weighted by Gasteiger charge is 2.42. The average Bonchev–Trinajstić information content (AvgIpc) is 1.86. The van der Waals surface area contributed by atoms with Gasteiger partial charge in [-0.25, -0.2) is 8.78 Å². The molecule has 6 heteroatoms. The molecule has 1 rings (SSSR count). The van der Waals surface area contributed by atoms with Crippen molar-refractivity contribution in [2.75, 3.05) is 13.1 Å². The molecule has 0 aromatic rings. The Kier molecular flexibility index (Phi) is 5.56. The molecule has 0 aromatic carbocycles. The summed E-state index contributed by atoms with van der Waals surface area (Å²) < 4.78 is 24.1. The molecular formula is C4H9Cl2F2NO. The van der Waals surface area contributed by atoms with Crippen LogP contribution in [-0.4, -0.2) is 30.2 Å². The van der Waals surface area contributed by atoms with Crippen LogP contribution < -0.4 is 5.32 Å². The highest BCUT2D eigenvalue weighted by Crippen LogP contribution is 2.20. The molecule has 0 aromatic heterocycles. The highest BCUT2D eigenvalue weighted by atomic mass is 35.5. The van der Waals surface area contributed by atoms with E-state index in [2.05, 4.69) is 5.32 Å². The van der Waals surface area contributed by atoms with Crippen molar-refractivity contribution >= 4 is 24.8 Å². The molecule has 1 atom stereocenters. The van der Waals surface area contributed by atoms with Gasteiger partial charge in [-0.3, -0.25) is 0 Å². The summed E-state index contributed by atoms with van der Waals surface area (Å²) in [5.74, 6) is -2.90. The summed E-state index contributed by atoms with van der Waals surface area (Å²) in [7, 11) is 0. The zero-order chi connectivity index (χ0) is 6.20. The fourth-order valence-corrected chi connectivity index (χ4v) is 0.643. The largest absolute Gasteiger partial charge is 0.385 e. The predicted octanol–water partition coefficient (Wildman–Crippen LogP) is 0.429. The number of alkyl halides is 2. The molecule has 2 N–H and O–H groups in total. The number of rotatable bonds is 0. The average molecular weight is 196 g/mol. The van der Waals surface area contributed by atoms with Crippen molar-refractivity contribution in [2.24, 2.45) is 0 Å². The second-order valence-corrected chi connectivity index (χ2v) is 1.91. The van der Waals surface area contributed by atoms with Crippen LogP contribution in [0.5, 0.6) is 0 Å². The minimum absolute atomic E-state index is 0. The standard InChI is InChI=1S/C4H7F2NO.2ClH/c5-4(6)2-7-1-3(4)8;;/h3,7-8H,1-2H2;2*1H. The Balaban J connectivity index is 0. The first kappa shape index (κ1) is 13.0. The smallest absolute Gasteiger partial charge is 0.286 e. The Labute approximate surface area is 69.8 Å². The maximum absolute atomic E-state index is 12.0. The van der Waals surface area contributed by atoms with Crippen molar-refractivity contribution < 1.29 is 13.9 Å². The molecule has 0 aliphatic carbocycles. The molecule has 0 spiro atoms. The molecule has 10 heavy (non-hydrogen) atoms. The summed E-state index contributed by atoms with van der Waals surface area (Å²) in [4.78, 5) is 0. The summed E-state index contributed by atoms with van der Waals surface area (Å²) in [6.07, 6.45) is -1.48. The van der Waals surface area contributed by atoms with Gasteiger partial charge >= 0.3 is 0 Å². The molecule has 1 saturated heterocycles. The lowest BCUT2D eigenvalue weighted by atomic mass is 10.2. The van der Waals surface area contributed by atoms with Gasteiger partial charge in [0.1, 0.15) is 6.10 Å². The van der Waals surface area contributed by atoms with E-state index in [-0.39, 0.29) is 31.4 Å². The van der Waals surface area contributed by atoms with E-state index in [1.165, 1.54) is 0 Å². The molecule has 1 unspecified atom stereocenters. The zero-order valence-electron chi connectivity index (χ0n) is 5.01. The van der Waals surface area contributed by atoms with E-state index in [9.17, 15) is 8.78 Å². The second-order valence-electron chi connectivity index (χ2n) is 1.91. The normalized spacial score (nSPS) is 28.5. The second kappa shape index (κ2) is 4.28. The van der Waals surface area contributed by atoms with Gasteiger partial charge in [-0.2, -0.15) is 0 Å². The number of β-amino-alcohol motifs (C(OH)–C–C–N with tert-alkyl or cyclic N) is 1. The van der Waals surface area contributed by atoms with Crippen LogP contribution in [0.1, 0.15) is 0 Å². The summed E-state index contributed by atoms with van der Waals surface area (Å²) >= 11 is 0. The van der Waals surface area contributed by atoms with Gasteiger partial charge in [-0.05, 0) is 0 Å². The van der Waals surface area contributed by atoms with Crippen molar-refractivity contribution in [2.45, 2.75) is 12.0 Å². The van der Waals surface area contributed by atoms with Crippen LogP contribution in [0.25, 0.3) is 0 Å². The summed E-state index contributed by atoms with van der Waals surface area (Å²) in [5, 5.41) is 10.8. The van der Waals surface area contributed by atoms with Gasteiger partial charge in [0.2, 0.25) is 0 Å². The fourth-order valence-electron chi connectivity index (χ4n) is 0.643. The van der Waals surface area contributed by atoms with Crippen LogP contribution in [0, 0.1) is 0 Å². The number of hydrogen-bond donors (Lipinski definition) is 2. The van der Waals surface area contributed by atoms with Gasteiger partial charge in [-0.1, -0.05) is 0 Å². The van der Waals surface area contributed by atoms with Gasteiger partial charge in [-0.15, -0.1) is 24.8 Å². The summed E-state index contributed by atoms with van der Waals surface area (Å²) in [6, 6.07) is 0. The van der Waals surface area contributed by atoms with Gasteiger partial charge in [0, 0.05) is 6.54 Å². The van der Waals surface area contributed by atoms with Crippen molar-refractivity contribution in [1.29, 1.82) is 0 Å². The third kappa shape index (κ3) is 2.54. The fraction of sp³-hybridized carbons (Fsp3) is 1.00. The van der Waals surface area contributed by atoms with Gasteiger partial charge in [0.25, 0.3) is 5.92 Å². The Morgan fingerprint density at radius 1 is 1.40 bits per heavy atom. The Hall–Kier alpha value is 0.360. The molecule has 0 saturated carbocycles. The predicted molar refractivity (Wildman–Crippen MR) is 38.3 cm³/mol. The Morgan fingerprint density at radius 3 is 2.00 bits per heavy atom. The maximum atomic E-state index is 12.0. The van der Waals surface area contributed by atoms with Gasteiger partial charge in [0.05, 0.1) is 6.54 Å². The molecular weight excluding hydrogens is 187 g/mol. The number of nitrogens with one attached hydrogen (secondary N) is 1. The summed E-state index contributed by atoms with van der Waals surface area (Å²) in [6.45, 7) is -0.388. The van der Waals surface area contributed by atoms with Crippen molar-refractivity contribution in [3.8, 4) is 0 Å².